The van der Waals surface area contributed by atoms with Crippen LogP contribution in [0.4, 0.5) is 13.2 Å². The Balaban J connectivity index is 1.87. The highest BCUT2D eigenvalue weighted by molar-refractivity contribution is 5.95. The topological polar surface area (TPSA) is 79.2 Å². The second kappa shape index (κ2) is 7.08. The summed E-state index contributed by atoms with van der Waals surface area (Å²) in [7, 11) is 0. The number of β-amino-alcohol motifs (C(OH)–C–C–N with tert-alkyl or cyclic N) is 1. The molecule has 0 aliphatic carbocycles. The molecule has 0 radical (unpaired) electrons. The summed E-state index contributed by atoms with van der Waals surface area (Å²) in [6, 6.07) is 6.37. The molecular weight excluding hydrogens is 349 g/mol. The number of nitrogens with zero attached hydrogens (tertiary/aromatic N) is 2. The molecule has 2 atom stereocenters. The fraction of sp³-hybridized carbons (Fsp3) is 0.412. The van der Waals surface area contributed by atoms with Crippen molar-refractivity contribution in [1.29, 1.82) is 0 Å². The summed E-state index contributed by atoms with van der Waals surface area (Å²) in [6.45, 7) is 2.80. The zero-order valence-electron chi connectivity index (χ0n) is 14.0. The van der Waals surface area contributed by atoms with Crippen LogP contribution in [0.2, 0.25) is 0 Å². The van der Waals surface area contributed by atoms with Crippen molar-refractivity contribution >= 4 is 5.91 Å². The molecule has 1 aromatic heterocycles. The van der Waals surface area contributed by atoms with Crippen molar-refractivity contribution in [3.8, 4) is 5.69 Å². The van der Waals surface area contributed by atoms with Crippen LogP contribution in [0.25, 0.3) is 5.69 Å². The first-order valence-corrected chi connectivity index (χ1v) is 8.16. The molecule has 9 heteroatoms. The molecule has 2 unspecified atom stereocenters. The van der Waals surface area contributed by atoms with E-state index in [-0.39, 0.29) is 18.2 Å². The van der Waals surface area contributed by atoms with Gasteiger partial charge >= 0.3 is 6.18 Å². The Labute approximate surface area is 148 Å². The van der Waals surface area contributed by atoms with Gasteiger partial charge in [0, 0.05) is 25.6 Å². The average molecular weight is 368 g/mol. The SMILES string of the molecule is Cc1ccc(-n2ncc(C(=O)NCC3CNCC3O)c2C(F)(F)F)cc1. The summed E-state index contributed by atoms with van der Waals surface area (Å²) in [5.74, 6) is -1.10. The zero-order valence-corrected chi connectivity index (χ0v) is 14.0. The van der Waals surface area contributed by atoms with Gasteiger partial charge in [-0.2, -0.15) is 18.3 Å². The molecule has 1 aliphatic rings. The number of aliphatic hydroxyl groups is 1. The summed E-state index contributed by atoms with van der Waals surface area (Å²) >= 11 is 0. The molecule has 1 fully saturated rings. The van der Waals surface area contributed by atoms with E-state index in [1.54, 1.807) is 12.1 Å². The summed E-state index contributed by atoms with van der Waals surface area (Å²) in [4.78, 5) is 12.3. The summed E-state index contributed by atoms with van der Waals surface area (Å²) in [6.07, 6.45) is -4.46. The van der Waals surface area contributed by atoms with Crippen LogP contribution in [0.15, 0.2) is 30.5 Å². The van der Waals surface area contributed by atoms with Crippen LogP contribution < -0.4 is 10.6 Å². The molecule has 2 aromatic rings. The van der Waals surface area contributed by atoms with Gasteiger partial charge in [0.15, 0.2) is 5.69 Å². The highest BCUT2D eigenvalue weighted by Crippen LogP contribution is 2.33. The van der Waals surface area contributed by atoms with Crippen LogP contribution in [0.3, 0.4) is 0 Å². The molecule has 6 nitrogen and oxygen atoms in total. The van der Waals surface area contributed by atoms with E-state index in [1.807, 2.05) is 6.92 Å². The average Bonchev–Trinajstić information content (AvgIpc) is 3.19. The summed E-state index contributed by atoms with van der Waals surface area (Å²) < 4.78 is 41.5. The number of hydrogen-bond acceptors (Lipinski definition) is 4. The van der Waals surface area contributed by atoms with E-state index >= 15 is 0 Å². The summed E-state index contributed by atoms with van der Waals surface area (Å²) in [5, 5.41) is 18.9. The van der Waals surface area contributed by atoms with E-state index in [9.17, 15) is 23.1 Å². The van der Waals surface area contributed by atoms with Gasteiger partial charge in [0.2, 0.25) is 0 Å². The lowest BCUT2D eigenvalue weighted by atomic mass is 10.1. The van der Waals surface area contributed by atoms with Crippen molar-refractivity contribution in [1.82, 2.24) is 20.4 Å². The van der Waals surface area contributed by atoms with Gasteiger partial charge < -0.3 is 15.7 Å². The van der Waals surface area contributed by atoms with Crippen molar-refractivity contribution < 1.29 is 23.1 Å². The number of aryl methyl sites for hydroxylation is 1. The third-order valence-corrected chi connectivity index (χ3v) is 4.39. The van der Waals surface area contributed by atoms with Gasteiger partial charge in [-0.15, -0.1) is 0 Å². The molecule has 3 N–H and O–H groups in total. The maximum Gasteiger partial charge on any atom is 0.434 e. The third-order valence-electron chi connectivity index (χ3n) is 4.39. The van der Waals surface area contributed by atoms with Crippen molar-refractivity contribution in [2.24, 2.45) is 5.92 Å². The standard InChI is InChI=1S/C17H19F3N4O2/c1-10-2-4-12(5-3-10)24-15(17(18,19)20)13(8-23-24)16(26)22-7-11-6-21-9-14(11)25/h2-5,8,11,14,21,25H,6-7,9H2,1H3,(H,22,26). The van der Waals surface area contributed by atoms with Crippen LogP contribution in [-0.4, -0.2) is 46.5 Å². The van der Waals surface area contributed by atoms with Crippen molar-refractivity contribution in [2.45, 2.75) is 19.2 Å². The van der Waals surface area contributed by atoms with E-state index in [0.29, 0.717) is 13.1 Å². The number of aromatic nitrogens is 2. The smallest absolute Gasteiger partial charge is 0.391 e. The van der Waals surface area contributed by atoms with Crippen LogP contribution in [0.1, 0.15) is 21.6 Å². The van der Waals surface area contributed by atoms with Crippen LogP contribution >= 0.6 is 0 Å². The lowest BCUT2D eigenvalue weighted by Crippen LogP contribution is -2.35. The number of alkyl halides is 3. The molecule has 0 spiro atoms. The van der Waals surface area contributed by atoms with Crippen molar-refractivity contribution in [3.05, 3.63) is 47.3 Å². The van der Waals surface area contributed by atoms with E-state index < -0.39 is 29.4 Å². The highest BCUT2D eigenvalue weighted by Gasteiger charge is 2.40. The minimum atomic E-state index is -4.75. The molecule has 0 saturated carbocycles. The van der Waals surface area contributed by atoms with Crippen LogP contribution in [-0.2, 0) is 6.18 Å². The number of hydrogen-bond donors (Lipinski definition) is 3. The number of carbonyl (C=O) groups excluding carboxylic acids is 1. The van der Waals surface area contributed by atoms with Gasteiger partial charge in [-0.05, 0) is 19.1 Å². The third kappa shape index (κ3) is 3.73. The molecule has 1 saturated heterocycles. The van der Waals surface area contributed by atoms with Gasteiger partial charge in [-0.1, -0.05) is 17.7 Å². The normalized spacial score (nSPS) is 20.3. The lowest BCUT2D eigenvalue weighted by Gasteiger charge is -2.15. The second-order valence-electron chi connectivity index (χ2n) is 6.35. The highest BCUT2D eigenvalue weighted by atomic mass is 19.4. The maximum absolute atomic E-state index is 13.6. The van der Waals surface area contributed by atoms with Crippen molar-refractivity contribution in [3.63, 3.8) is 0 Å². The first-order valence-electron chi connectivity index (χ1n) is 8.16. The molecule has 3 rings (SSSR count). The van der Waals surface area contributed by atoms with Crippen LogP contribution in [0.5, 0.6) is 0 Å². The Morgan fingerprint density at radius 2 is 2.04 bits per heavy atom. The van der Waals surface area contributed by atoms with Gasteiger partial charge in [-0.25, -0.2) is 4.68 Å². The summed E-state index contributed by atoms with van der Waals surface area (Å²) in [5.41, 5.74) is -0.545. The molecule has 140 valence electrons. The van der Waals surface area contributed by atoms with Gasteiger partial charge in [0.1, 0.15) is 0 Å². The Hall–Kier alpha value is -2.39. The molecule has 26 heavy (non-hydrogen) atoms. The van der Waals surface area contributed by atoms with E-state index in [2.05, 4.69) is 15.7 Å². The number of nitrogens with one attached hydrogen (secondary N) is 2. The van der Waals surface area contributed by atoms with Gasteiger partial charge in [-0.3, -0.25) is 4.79 Å². The monoisotopic (exact) mass is 368 g/mol. The Morgan fingerprint density at radius 3 is 2.62 bits per heavy atom. The fourth-order valence-electron chi connectivity index (χ4n) is 2.92. The number of rotatable bonds is 4. The fourth-order valence-corrected chi connectivity index (χ4v) is 2.92. The second-order valence-corrected chi connectivity index (χ2v) is 6.35. The maximum atomic E-state index is 13.6. The van der Waals surface area contributed by atoms with E-state index in [4.69, 9.17) is 0 Å². The predicted octanol–water partition coefficient (Wildman–Crippen LogP) is 1.51. The number of aliphatic hydroxyl groups excluding tert-OH is 1. The van der Waals surface area contributed by atoms with Gasteiger partial charge in [0.25, 0.3) is 5.91 Å². The van der Waals surface area contributed by atoms with E-state index in [1.165, 1.54) is 12.1 Å². The number of halogens is 3. The quantitative estimate of drug-likeness (QED) is 0.764. The molecule has 0 bridgehead atoms. The molecule has 1 aromatic carbocycles. The van der Waals surface area contributed by atoms with E-state index in [0.717, 1.165) is 16.4 Å². The molecular formula is C17H19F3N4O2. The molecule has 1 aliphatic heterocycles. The Morgan fingerprint density at radius 1 is 1.35 bits per heavy atom. The van der Waals surface area contributed by atoms with Crippen molar-refractivity contribution in [2.75, 3.05) is 19.6 Å². The first-order chi connectivity index (χ1) is 12.3. The molecule has 2 heterocycles. The number of carbonyl (C=O) groups is 1. The minimum Gasteiger partial charge on any atom is -0.391 e. The first kappa shape index (κ1) is 18.4. The largest absolute Gasteiger partial charge is 0.434 e. The molecule has 1 amide bonds. The van der Waals surface area contributed by atoms with Gasteiger partial charge in [0.05, 0.1) is 23.6 Å². The number of amides is 1. The minimum absolute atomic E-state index is 0.0833. The zero-order chi connectivity index (χ0) is 18.9. The Bertz CT molecular complexity index is 786. The van der Waals surface area contributed by atoms with Crippen LogP contribution in [0, 0.1) is 12.8 Å². The number of benzene rings is 1. The Kier molecular flexibility index (Phi) is 5.01. The lowest BCUT2D eigenvalue weighted by molar-refractivity contribution is -0.143. The predicted molar refractivity (Wildman–Crippen MR) is 88.0 cm³/mol.